The van der Waals surface area contributed by atoms with Gasteiger partial charge in [-0.05, 0) is 24.3 Å². The fourth-order valence-electron chi connectivity index (χ4n) is 2.23. The van der Waals surface area contributed by atoms with E-state index in [4.69, 9.17) is 0 Å². The van der Waals surface area contributed by atoms with Gasteiger partial charge < -0.3 is 10.2 Å². The first kappa shape index (κ1) is 10.8. The van der Waals surface area contributed by atoms with E-state index in [-0.39, 0.29) is 17.9 Å². The molecule has 0 unspecified atom stereocenters. The zero-order chi connectivity index (χ0) is 11.8. The molecular formula is C12H14N2O2S. The Kier molecular flexibility index (Phi) is 2.63. The number of carbonyl (C=O) groups excluding carboxylic acids is 2. The van der Waals surface area contributed by atoms with Crippen LogP contribution in [-0.2, 0) is 4.79 Å². The Morgan fingerprint density at radius 3 is 2.94 bits per heavy atom. The molecular weight excluding hydrogens is 236 g/mol. The lowest BCUT2D eigenvalue weighted by atomic mass is 10.2. The molecule has 2 amide bonds. The molecule has 3 rings (SSSR count). The van der Waals surface area contributed by atoms with Crippen LogP contribution >= 0.6 is 11.3 Å². The molecule has 4 nitrogen and oxygen atoms in total. The van der Waals surface area contributed by atoms with Crippen molar-refractivity contribution in [2.24, 2.45) is 0 Å². The Morgan fingerprint density at radius 2 is 2.29 bits per heavy atom. The quantitative estimate of drug-likeness (QED) is 0.877. The lowest BCUT2D eigenvalue weighted by molar-refractivity contribution is -0.128. The summed E-state index contributed by atoms with van der Waals surface area (Å²) < 4.78 is 0. The molecule has 1 aliphatic carbocycles. The minimum atomic E-state index is -0.0679. The summed E-state index contributed by atoms with van der Waals surface area (Å²) in [7, 11) is 0. The third-order valence-corrected chi connectivity index (χ3v) is 3.95. The molecule has 2 fully saturated rings. The smallest absolute Gasteiger partial charge is 0.252 e. The first-order chi connectivity index (χ1) is 8.24. The van der Waals surface area contributed by atoms with E-state index in [1.54, 1.807) is 6.07 Å². The highest BCUT2D eigenvalue weighted by Gasteiger charge is 2.39. The molecule has 1 aliphatic heterocycles. The average molecular weight is 250 g/mol. The minimum absolute atomic E-state index is 0.0181. The number of amides is 2. The molecule has 90 valence electrons. The molecule has 0 radical (unpaired) electrons. The second kappa shape index (κ2) is 4.14. The van der Waals surface area contributed by atoms with Gasteiger partial charge in [-0.25, -0.2) is 0 Å². The van der Waals surface area contributed by atoms with Crippen LogP contribution in [0.4, 0.5) is 0 Å². The molecule has 2 aliphatic rings. The summed E-state index contributed by atoms with van der Waals surface area (Å²) in [5, 5.41) is 6.63. The van der Waals surface area contributed by atoms with Gasteiger partial charge in [0.1, 0.15) is 0 Å². The summed E-state index contributed by atoms with van der Waals surface area (Å²) in [5.74, 6) is 0.116. The largest absolute Gasteiger partial charge is 0.347 e. The Bertz CT molecular complexity index is 439. The van der Waals surface area contributed by atoms with Crippen molar-refractivity contribution in [1.82, 2.24) is 10.2 Å². The summed E-state index contributed by atoms with van der Waals surface area (Å²) in [5.41, 5.74) is 0.687. The van der Waals surface area contributed by atoms with E-state index in [9.17, 15) is 9.59 Å². The van der Waals surface area contributed by atoms with Crippen LogP contribution in [0.25, 0.3) is 0 Å². The Morgan fingerprint density at radius 1 is 1.47 bits per heavy atom. The van der Waals surface area contributed by atoms with Crippen molar-refractivity contribution in [3.8, 4) is 0 Å². The van der Waals surface area contributed by atoms with Gasteiger partial charge in [0.05, 0.1) is 6.04 Å². The van der Waals surface area contributed by atoms with Crippen LogP contribution in [-0.4, -0.2) is 35.3 Å². The van der Waals surface area contributed by atoms with Gasteiger partial charge in [0, 0.05) is 30.0 Å². The molecule has 1 aromatic rings. The van der Waals surface area contributed by atoms with Crippen molar-refractivity contribution in [2.75, 3.05) is 6.54 Å². The number of nitrogens with zero attached hydrogens (tertiary/aromatic N) is 1. The standard InChI is InChI=1S/C12H14N2O2S/c15-11-5-9(6-14(11)10-1-2-10)13-12(16)8-3-4-17-7-8/h3-4,7,9-10H,1-2,5-6H2,(H,13,16)/t9-/m0/s1. The SMILES string of the molecule is O=C(N[C@H]1CC(=O)N(C2CC2)C1)c1ccsc1. The second-order valence-electron chi connectivity index (χ2n) is 4.66. The number of thiophene rings is 1. The molecule has 0 spiro atoms. The van der Waals surface area contributed by atoms with Gasteiger partial charge in [0.2, 0.25) is 5.91 Å². The van der Waals surface area contributed by atoms with Gasteiger partial charge in [-0.3, -0.25) is 9.59 Å². The fourth-order valence-corrected chi connectivity index (χ4v) is 2.87. The number of hydrogen-bond acceptors (Lipinski definition) is 3. The maximum absolute atomic E-state index is 11.8. The van der Waals surface area contributed by atoms with Gasteiger partial charge in [-0.2, -0.15) is 11.3 Å². The molecule has 0 bridgehead atoms. The predicted octanol–water partition coefficient (Wildman–Crippen LogP) is 1.24. The summed E-state index contributed by atoms with van der Waals surface area (Å²) in [4.78, 5) is 25.5. The number of likely N-dealkylation sites (tertiary alicyclic amines) is 1. The van der Waals surface area contributed by atoms with E-state index in [0.29, 0.717) is 24.6 Å². The lowest BCUT2D eigenvalue weighted by Crippen LogP contribution is -2.37. The van der Waals surface area contributed by atoms with Crippen molar-refractivity contribution in [3.05, 3.63) is 22.4 Å². The lowest BCUT2D eigenvalue weighted by Gasteiger charge is -2.15. The van der Waals surface area contributed by atoms with Gasteiger partial charge in [-0.15, -0.1) is 0 Å². The van der Waals surface area contributed by atoms with Crippen LogP contribution in [0.2, 0.25) is 0 Å². The normalized spacial score (nSPS) is 24.1. The zero-order valence-electron chi connectivity index (χ0n) is 9.39. The highest BCUT2D eigenvalue weighted by atomic mass is 32.1. The Balaban J connectivity index is 1.60. The summed E-state index contributed by atoms with van der Waals surface area (Å²) >= 11 is 1.50. The van der Waals surface area contributed by atoms with Crippen molar-refractivity contribution < 1.29 is 9.59 Å². The average Bonchev–Trinajstić information content (AvgIpc) is 2.86. The molecule has 1 atom stereocenters. The van der Waals surface area contributed by atoms with Crippen LogP contribution in [0.1, 0.15) is 29.6 Å². The second-order valence-corrected chi connectivity index (χ2v) is 5.44. The first-order valence-corrected chi connectivity index (χ1v) is 6.81. The van der Waals surface area contributed by atoms with Crippen molar-refractivity contribution >= 4 is 23.2 Å². The van der Waals surface area contributed by atoms with E-state index in [1.807, 2.05) is 15.7 Å². The summed E-state index contributed by atoms with van der Waals surface area (Å²) in [6.45, 7) is 0.680. The van der Waals surface area contributed by atoms with Crippen LogP contribution in [0.15, 0.2) is 16.8 Å². The molecule has 2 heterocycles. The summed E-state index contributed by atoms with van der Waals surface area (Å²) in [6, 6.07) is 2.23. The molecule has 1 aromatic heterocycles. The zero-order valence-corrected chi connectivity index (χ0v) is 10.2. The van der Waals surface area contributed by atoms with E-state index in [2.05, 4.69) is 5.32 Å². The monoisotopic (exact) mass is 250 g/mol. The van der Waals surface area contributed by atoms with Crippen LogP contribution < -0.4 is 5.32 Å². The Hall–Kier alpha value is -1.36. The maximum Gasteiger partial charge on any atom is 0.252 e. The highest BCUT2D eigenvalue weighted by molar-refractivity contribution is 7.08. The van der Waals surface area contributed by atoms with Crippen LogP contribution in [0.3, 0.4) is 0 Å². The third-order valence-electron chi connectivity index (χ3n) is 3.26. The molecule has 1 saturated carbocycles. The van der Waals surface area contributed by atoms with Gasteiger partial charge in [-0.1, -0.05) is 0 Å². The number of carbonyl (C=O) groups is 2. The number of hydrogen-bond donors (Lipinski definition) is 1. The number of rotatable bonds is 3. The molecule has 1 saturated heterocycles. The van der Waals surface area contributed by atoms with Crippen LogP contribution in [0.5, 0.6) is 0 Å². The Labute approximate surface area is 104 Å². The van der Waals surface area contributed by atoms with E-state index in [1.165, 1.54) is 11.3 Å². The molecule has 0 aromatic carbocycles. The van der Waals surface area contributed by atoms with Gasteiger partial charge in [0.15, 0.2) is 0 Å². The third kappa shape index (κ3) is 2.20. The molecule has 17 heavy (non-hydrogen) atoms. The van der Waals surface area contributed by atoms with E-state index >= 15 is 0 Å². The minimum Gasteiger partial charge on any atom is -0.347 e. The van der Waals surface area contributed by atoms with E-state index < -0.39 is 0 Å². The topological polar surface area (TPSA) is 49.4 Å². The maximum atomic E-state index is 11.8. The summed E-state index contributed by atoms with van der Waals surface area (Å²) in [6.07, 6.45) is 2.69. The first-order valence-electron chi connectivity index (χ1n) is 5.86. The van der Waals surface area contributed by atoms with Crippen molar-refractivity contribution in [2.45, 2.75) is 31.3 Å². The fraction of sp³-hybridized carbons (Fsp3) is 0.500. The van der Waals surface area contributed by atoms with Crippen molar-refractivity contribution in [1.29, 1.82) is 0 Å². The van der Waals surface area contributed by atoms with Crippen molar-refractivity contribution in [3.63, 3.8) is 0 Å². The molecule has 5 heteroatoms. The number of nitrogens with one attached hydrogen (secondary N) is 1. The van der Waals surface area contributed by atoms with Gasteiger partial charge >= 0.3 is 0 Å². The molecule has 1 N–H and O–H groups in total. The highest BCUT2D eigenvalue weighted by Crippen LogP contribution is 2.30. The van der Waals surface area contributed by atoms with Gasteiger partial charge in [0.25, 0.3) is 5.91 Å². The van der Waals surface area contributed by atoms with Crippen LogP contribution in [0, 0.1) is 0 Å². The van der Waals surface area contributed by atoms with E-state index in [0.717, 1.165) is 12.8 Å². The predicted molar refractivity (Wildman–Crippen MR) is 64.9 cm³/mol.